The third kappa shape index (κ3) is 3.61. The Labute approximate surface area is 167 Å². The molecule has 1 aromatic carbocycles. The number of aromatic nitrogens is 3. The molecule has 4 rings (SSSR count). The van der Waals surface area contributed by atoms with Crippen molar-refractivity contribution in [1.29, 1.82) is 0 Å². The zero-order valence-corrected chi connectivity index (χ0v) is 16.1. The Morgan fingerprint density at radius 3 is 2.52 bits per heavy atom. The van der Waals surface area contributed by atoms with Gasteiger partial charge in [0.25, 0.3) is 0 Å². The van der Waals surface area contributed by atoms with Gasteiger partial charge < -0.3 is 5.32 Å². The number of hydrogen-bond donors (Lipinski definition) is 1. The predicted octanol–water partition coefficient (Wildman–Crippen LogP) is 3.47. The molecule has 0 spiro atoms. The second-order valence-corrected chi connectivity index (χ2v) is 6.91. The Bertz CT molecular complexity index is 1090. The molecule has 0 saturated carbocycles. The van der Waals surface area contributed by atoms with E-state index in [1.807, 2.05) is 10.7 Å². The number of amides is 2. The quantitative estimate of drug-likeness (QED) is 0.739. The summed E-state index contributed by atoms with van der Waals surface area (Å²) in [6.45, 7) is 4.22. The molecule has 1 N–H and O–H groups in total. The van der Waals surface area contributed by atoms with Crippen molar-refractivity contribution < 1.29 is 14.0 Å². The molecular formula is C21H20FN5O2. The summed E-state index contributed by atoms with van der Waals surface area (Å²) in [6.07, 6.45) is 2.39. The van der Waals surface area contributed by atoms with Crippen molar-refractivity contribution in [3.63, 3.8) is 0 Å². The largest absolute Gasteiger partial charge is 0.311 e. The highest BCUT2D eigenvalue weighted by atomic mass is 19.1. The van der Waals surface area contributed by atoms with E-state index in [-0.39, 0.29) is 17.6 Å². The summed E-state index contributed by atoms with van der Waals surface area (Å²) in [5.41, 5.74) is 2.90. The maximum atomic E-state index is 13.5. The zero-order valence-electron chi connectivity index (χ0n) is 16.1. The van der Waals surface area contributed by atoms with Gasteiger partial charge in [-0.3, -0.25) is 14.5 Å². The lowest BCUT2D eigenvalue weighted by Crippen LogP contribution is -2.36. The Balaban J connectivity index is 1.95. The van der Waals surface area contributed by atoms with Crippen LogP contribution in [0.4, 0.5) is 16.0 Å². The predicted molar refractivity (Wildman–Crippen MR) is 108 cm³/mol. The van der Waals surface area contributed by atoms with Crippen molar-refractivity contribution >= 4 is 23.5 Å². The second kappa shape index (κ2) is 7.46. The van der Waals surface area contributed by atoms with Gasteiger partial charge in [-0.05, 0) is 48.4 Å². The highest BCUT2D eigenvalue weighted by Crippen LogP contribution is 2.41. The van der Waals surface area contributed by atoms with Crippen molar-refractivity contribution in [2.75, 3.05) is 16.8 Å². The topological polar surface area (TPSA) is 80.1 Å². The maximum Gasteiger partial charge on any atom is 0.225 e. The van der Waals surface area contributed by atoms with Gasteiger partial charge in [0, 0.05) is 38.7 Å². The van der Waals surface area contributed by atoms with Gasteiger partial charge in [0.15, 0.2) is 0 Å². The SMILES string of the molecule is CC(=O)Nc1cc(-c2c(-c3ccc(F)cc3)nn3c2N(C(C)=O)CCC3)ccn1. The number of anilines is 2. The highest BCUT2D eigenvalue weighted by Gasteiger charge is 2.29. The summed E-state index contributed by atoms with van der Waals surface area (Å²) in [7, 11) is 0. The van der Waals surface area contributed by atoms with Gasteiger partial charge in [0.2, 0.25) is 11.8 Å². The molecule has 8 heteroatoms. The first kappa shape index (κ1) is 18.8. The molecule has 1 aliphatic rings. The highest BCUT2D eigenvalue weighted by molar-refractivity contribution is 6.00. The van der Waals surface area contributed by atoms with Crippen LogP contribution in [-0.2, 0) is 16.1 Å². The van der Waals surface area contributed by atoms with E-state index in [9.17, 15) is 14.0 Å². The zero-order chi connectivity index (χ0) is 20.5. The number of nitrogens with zero attached hydrogens (tertiary/aromatic N) is 4. The fourth-order valence-corrected chi connectivity index (χ4v) is 3.58. The van der Waals surface area contributed by atoms with Gasteiger partial charge in [-0.1, -0.05) is 0 Å². The lowest BCUT2D eigenvalue weighted by Gasteiger charge is -2.28. The monoisotopic (exact) mass is 393 g/mol. The number of nitrogens with one attached hydrogen (secondary N) is 1. The van der Waals surface area contributed by atoms with Gasteiger partial charge in [0.05, 0.1) is 5.56 Å². The molecule has 0 unspecified atom stereocenters. The number of rotatable bonds is 3. The molecule has 0 fully saturated rings. The van der Waals surface area contributed by atoms with E-state index >= 15 is 0 Å². The maximum absolute atomic E-state index is 13.5. The van der Waals surface area contributed by atoms with E-state index in [4.69, 9.17) is 5.10 Å². The molecule has 1 aliphatic heterocycles. The first-order chi connectivity index (χ1) is 13.9. The van der Waals surface area contributed by atoms with E-state index in [1.165, 1.54) is 26.0 Å². The van der Waals surface area contributed by atoms with Crippen LogP contribution in [0, 0.1) is 5.82 Å². The van der Waals surface area contributed by atoms with Crippen LogP contribution in [0.1, 0.15) is 20.3 Å². The summed E-state index contributed by atoms with van der Waals surface area (Å²) < 4.78 is 15.3. The van der Waals surface area contributed by atoms with Crippen LogP contribution in [0.5, 0.6) is 0 Å². The number of pyridine rings is 1. The smallest absolute Gasteiger partial charge is 0.225 e. The van der Waals surface area contributed by atoms with Crippen LogP contribution in [0.2, 0.25) is 0 Å². The standard InChI is InChI=1S/C21H20FN5O2/c1-13(28)24-18-12-16(8-9-23-18)19-20(15-4-6-17(22)7-5-15)25-27-11-3-10-26(14(2)29)21(19)27/h4-9,12H,3,10-11H2,1-2H3,(H,23,24,28). The summed E-state index contributed by atoms with van der Waals surface area (Å²) in [6, 6.07) is 9.66. The molecule has 2 amide bonds. The number of carbonyl (C=O) groups excluding carboxylic acids is 2. The van der Waals surface area contributed by atoms with E-state index in [1.54, 1.807) is 29.3 Å². The Kier molecular flexibility index (Phi) is 4.84. The number of aryl methyl sites for hydroxylation is 1. The Morgan fingerprint density at radius 2 is 1.83 bits per heavy atom. The molecule has 3 aromatic rings. The van der Waals surface area contributed by atoms with Crippen molar-refractivity contribution in [3.8, 4) is 22.4 Å². The van der Waals surface area contributed by atoms with Gasteiger partial charge >= 0.3 is 0 Å². The number of hydrogen-bond acceptors (Lipinski definition) is 4. The van der Waals surface area contributed by atoms with E-state index < -0.39 is 0 Å². The lowest BCUT2D eigenvalue weighted by atomic mass is 10.0. The number of halogens is 1. The molecule has 0 saturated heterocycles. The minimum absolute atomic E-state index is 0.0751. The average Bonchev–Trinajstić information content (AvgIpc) is 3.07. The molecule has 2 aromatic heterocycles. The molecule has 0 radical (unpaired) electrons. The van der Waals surface area contributed by atoms with Crippen LogP contribution in [0.25, 0.3) is 22.4 Å². The lowest BCUT2D eigenvalue weighted by molar-refractivity contribution is -0.117. The molecule has 0 atom stereocenters. The van der Waals surface area contributed by atoms with Gasteiger partial charge in [-0.2, -0.15) is 5.10 Å². The van der Waals surface area contributed by atoms with Crippen LogP contribution in [-0.4, -0.2) is 33.1 Å². The molecule has 29 heavy (non-hydrogen) atoms. The van der Waals surface area contributed by atoms with Gasteiger partial charge in [-0.15, -0.1) is 0 Å². The van der Waals surface area contributed by atoms with Crippen molar-refractivity contribution in [3.05, 3.63) is 48.4 Å². The number of carbonyl (C=O) groups is 2. The second-order valence-electron chi connectivity index (χ2n) is 6.91. The van der Waals surface area contributed by atoms with Crippen molar-refractivity contribution in [2.24, 2.45) is 0 Å². The summed E-state index contributed by atoms with van der Waals surface area (Å²) in [4.78, 5) is 29.6. The third-order valence-corrected chi connectivity index (χ3v) is 4.78. The molecule has 0 bridgehead atoms. The van der Waals surface area contributed by atoms with Crippen LogP contribution >= 0.6 is 0 Å². The molecule has 3 heterocycles. The average molecular weight is 393 g/mol. The first-order valence-corrected chi connectivity index (χ1v) is 9.33. The van der Waals surface area contributed by atoms with Crippen LogP contribution < -0.4 is 10.2 Å². The Morgan fingerprint density at radius 1 is 1.07 bits per heavy atom. The normalized spacial score (nSPS) is 13.1. The molecule has 7 nitrogen and oxygen atoms in total. The summed E-state index contributed by atoms with van der Waals surface area (Å²) in [5, 5.41) is 7.42. The van der Waals surface area contributed by atoms with Crippen molar-refractivity contribution in [1.82, 2.24) is 14.8 Å². The first-order valence-electron chi connectivity index (χ1n) is 9.33. The minimum atomic E-state index is -0.332. The van der Waals surface area contributed by atoms with E-state index in [2.05, 4.69) is 10.3 Å². The summed E-state index contributed by atoms with van der Waals surface area (Å²) >= 11 is 0. The summed E-state index contributed by atoms with van der Waals surface area (Å²) in [5.74, 6) is 0.472. The van der Waals surface area contributed by atoms with E-state index in [0.29, 0.717) is 30.4 Å². The number of fused-ring (bicyclic) bond motifs is 1. The fraction of sp³-hybridized carbons (Fsp3) is 0.238. The fourth-order valence-electron chi connectivity index (χ4n) is 3.58. The van der Waals surface area contributed by atoms with Crippen molar-refractivity contribution in [2.45, 2.75) is 26.8 Å². The molecule has 0 aliphatic carbocycles. The Hall–Kier alpha value is -3.55. The van der Waals surface area contributed by atoms with Gasteiger partial charge in [-0.25, -0.2) is 14.1 Å². The molecular weight excluding hydrogens is 373 g/mol. The molecule has 148 valence electrons. The van der Waals surface area contributed by atoms with Crippen LogP contribution in [0.3, 0.4) is 0 Å². The van der Waals surface area contributed by atoms with Crippen LogP contribution in [0.15, 0.2) is 42.6 Å². The van der Waals surface area contributed by atoms with E-state index in [0.717, 1.165) is 23.1 Å². The van der Waals surface area contributed by atoms with Gasteiger partial charge in [0.1, 0.15) is 23.1 Å². The minimum Gasteiger partial charge on any atom is -0.311 e. The third-order valence-electron chi connectivity index (χ3n) is 4.78. The number of benzene rings is 1.